The van der Waals surface area contributed by atoms with Crippen molar-refractivity contribution >= 4 is 35.0 Å². The predicted molar refractivity (Wildman–Crippen MR) is 193 cm³/mol. The summed E-state index contributed by atoms with van der Waals surface area (Å²) in [6.07, 6.45) is 3.03. The molecule has 0 fully saturated rings. The zero-order valence-corrected chi connectivity index (χ0v) is 34.4. The molecular weight excluding hydrogens is 669 g/mol. The summed E-state index contributed by atoms with van der Waals surface area (Å²) in [5.41, 5.74) is 21.7. The number of rotatable bonds is 26. The van der Waals surface area contributed by atoms with Crippen molar-refractivity contribution < 1.29 is 50.2 Å². The molecule has 2 unspecified atom stereocenters. The van der Waals surface area contributed by atoms with Crippen LogP contribution in [0.1, 0.15) is 74.1 Å². The van der Waals surface area contributed by atoms with Crippen molar-refractivity contribution in [2.24, 2.45) is 22.9 Å². The maximum Gasteiger partial charge on any atom is 0.498 e. The first-order valence-electron chi connectivity index (χ1n) is 16.8. The number of aliphatic hydroxyl groups excluding tert-OH is 1. The van der Waals surface area contributed by atoms with Crippen LogP contribution in [0.2, 0.25) is 30.7 Å². The lowest BCUT2D eigenvalue weighted by atomic mass is 10.5. The highest BCUT2D eigenvalue weighted by molar-refractivity contribution is 6.77. The maximum atomic E-state index is 10.6. The van der Waals surface area contributed by atoms with E-state index in [4.69, 9.17) is 58.7 Å². The van der Waals surface area contributed by atoms with Gasteiger partial charge in [0.05, 0.1) is 0 Å². The molecule has 0 rings (SSSR count). The van der Waals surface area contributed by atoms with Crippen molar-refractivity contribution in [1.82, 2.24) is 0 Å². The van der Waals surface area contributed by atoms with Crippen LogP contribution in [0.4, 0.5) is 0 Å². The van der Waals surface area contributed by atoms with E-state index in [9.17, 15) is 14.4 Å². The normalized spacial score (nSPS) is 14.1. The second kappa shape index (κ2) is 35.1. The smallest absolute Gasteiger partial charge is 0.397 e. The number of hydrogen-bond donors (Lipinski definition) is 8. The summed E-state index contributed by atoms with van der Waals surface area (Å²) in [7, 11) is -11.3. The van der Waals surface area contributed by atoms with Gasteiger partial charge in [-0.05, 0) is 113 Å². The Hall–Kier alpha value is 0.268. The molecule has 284 valence electrons. The predicted octanol–water partition coefficient (Wildman–Crippen LogP) is 1.45. The largest absolute Gasteiger partial charge is 0.498 e. The molecular formula is C27H74N4O11Si4. The number of aliphatic hydroxyl groups is 1. The minimum Gasteiger partial charge on any atom is -0.397 e. The van der Waals surface area contributed by atoms with Crippen LogP contribution >= 0.6 is 0 Å². The fourth-order valence-electron chi connectivity index (χ4n) is 3.85. The van der Waals surface area contributed by atoms with Gasteiger partial charge in [-0.3, -0.25) is 0 Å². The summed E-state index contributed by atoms with van der Waals surface area (Å²) in [6.45, 7) is 20.3. The van der Waals surface area contributed by atoms with Gasteiger partial charge in [-0.15, -0.1) is 0 Å². The van der Waals surface area contributed by atoms with Crippen molar-refractivity contribution in [3.05, 3.63) is 0 Å². The van der Waals surface area contributed by atoms with E-state index in [1.807, 2.05) is 48.1 Å². The van der Waals surface area contributed by atoms with Crippen LogP contribution in [0.3, 0.4) is 0 Å². The summed E-state index contributed by atoms with van der Waals surface area (Å²) in [4.78, 5) is 30.1. The van der Waals surface area contributed by atoms with E-state index in [1.165, 1.54) is 0 Å². The summed E-state index contributed by atoms with van der Waals surface area (Å²) >= 11 is 0. The van der Waals surface area contributed by atoms with Crippen LogP contribution in [0.15, 0.2) is 0 Å². The molecule has 0 aliphatic rings. The standard InChI is InChI=1S/C11H30N2O4Si2.2C7H19NO3Si.C2H6O/c1-4-15-18(3,10-6-8-12)17-19(14,16-5-2)11-7-9-13;2*1-3-10-12(9,11-4-2)7-5-6-8;1-2-3/h14H,4-13H2,1-3H3;2*9H,3-8H2,1-2H3;3H,2H2,1H3. The first-order chi connectivity index (χ1) is 21.7. The Bertz CT molecular complexity index is 572. The van der Waals surface area contributed by atoms with Crippen LogP contribution in [0.5, 0.6) is 0 Å². The molecule has 12 N–H and O–H groups in total. The van der Waals surface area contributed by atoms with Gasteiger partial charge in [0.2, 0.25) is 0 Å². The highest BCUT2D eigenvalue weighted by atomic mass is 28.5. The highest BCUT2D eigenvalue weighted by Crippen LogP contribution is 2.24. The van der Waals surface area contributed by atoms with E-state index in [-0.39, 0.29) is 6.61 Å². The first kappa shape index (κ1) is 53.1. The fraction of sp³-hybridized carbons (Fsp3) is 1.00. The van der Waals surface area contributed by atoms with Crippen LogP contribution in [0.25, 0.3) is 0 Å². The lowest BCUT2D eigenvalue weighted by molar-refractivity contribution is 0.107. The molecule has 19 heteroatoms. The Morgan fingerprint density at radius 3 is 0.935 bits per heavy atom. The van der Waals surface area contributed by atoms with E-state index in [0.29, 0.717) is 90.4 Å². The first-order valence-corrected chi connectivity index (χ1v) is 25.3. The van der Waals surface area contributed by atoms with Crippen molar-refractivity contribution in [1.29, 1.82) is 0 Å². The van der Waals surface area contributed by atoms with Crippen molar-refractivity contribution in [3.8, 4) is 0 Å². The Morgan fingerprint density at radius 1 is 0.435 bits per heavy atom. The fourth-order valence-corrected chi connectivity index (χ4v) is 14.5. The highest BCUT2D eigenvalue weighted by Gasteiger charge is 2.45. The molecule has 0 aromatic rings. The summed E-state index contributed by atoms with van der Waals surface area (Å²) in [6, 6.07) is 2.37. The quantitative estimate of drug-likeness (QED) is 0.0584. The molecule has 0 saturated heterocycles. The lowest BCUT2D eigenvalue weighted by Gasteiger charge is -2.34. The molecule has 46 heavy (non-hydrogen) atoms. The Labute approximate surface area is 284 Å². The zero-order valence-electron chi connectivity index (χ0n) is 30.4. The zero-order chi connectivity index (χ0) is 36.4. The van der Waals surface area contributed by atoms with Gasteiger partial charge in [0.25, 0.3) is 0 Å². The van der Waals surface area contributed by atoms with E-state index in [1.54, 1.807) is 6.92 Å². The summed E-state index contributed by atoms with van der Waals surface area (Å²) in [5, 5.41) is 7.57. The second-order valence-electron chi connectivity index (χ2n) is 9.86. The third-order valence-electron chi connectivity index (χ3n) is 5.60. The minimum atomic E-state index is -3.18. The summed E-state index contributed by atoms with van der Waals surface area (Å²) < 4.78 is 38.0. The van der Waals surface area contributed by atoms with Crippen molar-refractivity contribution in [3.63, 3.8) is 0 Å². The Balaban J connectivity index is -0.000000286. The van der Waals surface area contributed by atoms with Gasteiger partial charge in [0.15, 0.2) is 0 Å². The molecule has 15 nitrogen and oxygen atoms in total. The second-order valence-corrected chi connectivity index (χ2v) is 20.9. The molecule has 0 radical (unpaired) electrons. The van der Waals surface area contributed by atoms with E-state index in [2.05, 4.69) is 0 Å². The monoisotopic (exact) mass is 742 g/mol. The van der Waals surface area contributed by atoms with Crippen LogP contribution in [0, 0.1) is 0 Å². The topological polar surface area (TPSA) is 250 Å². The van der Waals surface area contributed by atoms with Crippen LogP contribution in [-0.2, 0) is 30.7 Å². The Morgan fingerprint density at radius 2 is 0.674 bits per heavy atom. The van der Waals surface area contributed by atoms with E-state index < -0.39 is 35.0 Å². The van der Waals surface area contributed by atoms with Gasteiger partial charge < -0.3 is 73.1 Å². The van der Waals surface area contributed by atoms with E-state index >= 15 is 0 Å². The SMILES string of the molecule is CCO.CCO[Si](C)(CCCN)O[Si](O)(CCCN)OCC.CCO[Si](O)(CCCN)OCC.CCO[Si](O)(CCCN)OCC. The average molecular weight is 743 g/mol. The molecule has 2 atom stereocenters. The summed E-state index contributed by atoms with van der Waals surface area (Å²) in [5.74, 6) is 0. The third-order valence-corrected chi connectivity index (χ3v) is 17.4. The molecule has 0 aromatic carbocycles. The van der Waals surface area contributed by atoms with E-state index in [0.717, 1.165) is 25.3 Å². The Kier molecular flexibility index (Phi) is 40.5. The van der Waals surface area contributed by atoms with Crippen LogP contribution in [-0.4, -0.2) is 127 Å². The van der Waals surface area contributed by atoms with Gasteiger partial charge in [-0.25, -0.2) is 0 Å². The average Bonchev–Trinajstić information content (AvgIpc) is 2.99. The van der Waals surface area contributed by atoms with Gasteiger partial charge in [0, 0.05) is 64.4 Å². The van der Waals surface area contributed by atoms with Crippen LogP contribution < -0.4 is 22.9 Å². The van der Waals surface area contributed by atoms with Crippen molar-refractivity contribution in [2.75, 3.05) is 72.4 Å². The minimum absolute atomic E-state index is 0.250. The molecule has 0 saturated carbocycles. The molecule has 0 aliphatic carbocycles. The molecule has 0 amide bonds. The maximum absolute atomic E-state index is 10.6. The van der Waals surface area contributed by atoms with Crippen molar-refractivity contribution in [2.45, 2.75) is 105 Å². The molecule has 0 spiro atoms. The molecule has 0 aliphatic heterocycles. The number of hydrogen-bond acceptors (Lipinski definition) is 15. The van der Waals surface area contributed by atoms with Gasteiger partial charge in [0.1, 0.15) is 0 Å². The van der Waals surface area contributed by atoms with Gasteiger partial charge in [-0.2, -0.15) is 0 Å². The lowest BCUT2D eigenvalue weighted by Crippen LogP contribution is -2.54. The number of nitrogens with two attached hydrogens (primary N) is 4. The molecule has 0 bridgehead atoms. The molecule has 0 aromatic heterocycles. The third kappa shape index (κ3) is 32.8. The van der Waals surface area contributed by atoms with Gasteiger partial charge in [-0.1, -0.05) is 0 Å². The molecule has 0 heterocycles. The van der Waals surface area contributed by atoms with Gasteiger partial charge >= 0.3 is 35.0 Å².